The van der Waals surface area contributed by atoms with Gasteiger partial charge >= 0.3 is 0 Å². The van der Waals surface area contributed by atoms with Crippen LogP contribution in [-0.2, 0) is 10.0 Å². The highest BCUT2D eigenvalue weighted by atomic mass is 127. The predicted molar refractivity (Wildman–Crippen MR) is 131 cm³/mol. The monoisotopic (exact) mass is 554 g/mol. The first-order valence-electron chi connectivity index (χ1n) is 9.61. The number of rotatable bonds is 5. The van der Waals surface area contributed by atoms with E-state index in [2.05, 4.69) is 29.5 Å². The lowest BCUT2D eigenvalue weighted by molar-refractivity contribution is 0.0694. The third kappa shape index (κ3) is 6.63. The van der Waals surface area contributed by atoms with E-state index in [1.54, 1.807) is 23.1 Å². The van der Waals surface area contributed by atoms with Crippen LogP contribution in [0.4, 0.5) is 0 Å². The van der Waals surface area contributed by atoms with Crippen LogP contribution in [0.3, 0.4) is 0 Å². The van der Waals surface area contributed by atoms with Crippen LogP contribution < -0.4 is 15.4 Å². The summed E-state index contributed by atoms with van der Waals surface area (Å²) in [6.45, 7) is 5.66. The van der Waals surface area contributed by atoms with Crippen LogP contribution in [0.2, 0.25) is 0 Å². The Hall–Kier alpha value is -0.720. The summed E-state index contributed by atoms with van der Waals surface area (Å²) in [6, 6.07) is 8.03. The molecule has 0 aliphatic carbocycles. The maximum absolute atomic E-state index is 12.5. The minimum absolute atomic E-state index is 0. The molecule has 3 rings (SSSR count). The second kappa shape index (κ2) is 10.5. The molecule has 1 saturated heterocycles. The van der Waals surface area contributed by atoms with Crippen LogP contribution in [0.5, 0.6) is 5.75 Å². The van der Waals surface area contributed by atoms with Crippen molar-refractivity contribution in [1.29, 1.82) is 0 Å². The SMILES string of the molecule is CN=C(NCCS(=O)(=O)N1CCSCC1)NC1CC(C)(C)Oc2ccccc21.I. The van der Waals surface area contributed by atoms with E-state index < -0.39 is 10.0 Å². The van der Waals surface area contributed by atoms with Gasteiger partial charge < -0.3 is 15.4 Å². The standard InChI is InChI=1S/C19H30N4O3S2.HI/c1-19(2)14-16(15-6-4-5-7-17(15)26-19)22-18(20-3)21-8-13-28(24,25)23-9-11-27-12-10-23;/h4-7,16H,8-14H2,1-3H3,(H2,20,21,22);1H. The van der Waals surface area contributed by atoms with Gasteiger partial charge in [-0.3, -0.25) is 4.99 Å². The normalized spacial score (nSPS) is 22.0. The number of hydrogen-bond acceptors (Lipinski definition) is 5. The number of nitrogens with zero attached hydrogens (tertiary/aromatic N) is 2. The number of para-hydroxylation sites is 1. The minimum atomic E-state index is -3.23. The number of aliphatic imine (C=N–C) groups is 1. The molecule has 10 heteroatoms. The fourth-order valence-corrected chi connectivity index (χ4v) is 6.03. The van der Waals surface area contributed by atoms with E-state index in [-0.39, 0.29) is 41.4 Å². The molecule has 2 aliphatic rings. The molecule has 7 nitrogen and oxygen atoms in total. The fraction of sp³-hybridized carbons (Fsp3) is 0.632. The molecule has 164 valence electrons. The number of hydrogen-bond donors (Lipinski definition) is 2. The predicted octanol–water partition coefficient (Wildman–Crippen LogP) is 2.45. The van der Waals surface area contributed by atoms with Gasteiger partial charge in [-0.2, -0.15) is 11.8 Å². The highest BCUT2D eigenvalue weighted by Crippen LogP contribution is 2.39. The summed E-state index contributed by atoms with van der Waals surface area (Å²) >= 11 is 1.80. The molecule has 0 bridgehead atoms. The molecule has 1 unspecified atom stereocenters. The van der Waals surface area contributed by atoms with Crippen LogP contribution in [0.25, 0.3) is 0 Å². The van der Waals surface area contributed by atoms with Gasteiger partial charge in [-0.05, 0) is 19.9 Å². The lowest BCUT2D eigenvalue weighted by Crippen LogP contribution is -2.47. The number of thioether (sulfide) groups is 1. The van der Waals surface area contributed by atoms with Crippen LogP contribution in [-0.4, -0.2) is 68.2 Å². The zero-order valence-electron chi connectivity index (χ0n) is 17.2. The van der Waals surface area contributed by atoms with Crippen molar-refractivity contribution in [1.82, 2.24) is 14.9 Å². The van der Waals surface area contributed by atoms with E-state index in [1.807, 2.05) is 24.3 Å². The minimum Gasteiger partial charge on any atom is -0.487 e. The molecule has 1 aromatic rings. The van der Waals surface area contributed by atoms with Gasteiger partial charge in [-0.15, -0.1) is 24.0 Å². The van der Waals surface area contributed by atoms with E-state index in [1.165, 1.54) is 0 Å². The van der Waals surface area contributed by atoms with E-state index in [0.29, 0.717) is 25.6 Å². The number of nitrogens with one attached hydrogen (secondary N) is 2. The molecule has 1 aromatic carbocycles. The number of guanidine groups is 1. The zero-order chi connectivity index (χ0) is 20.2. The highest BCUT2D eigenvalue weighted by Gasteiger charge is 2.34. The number of benzene rings is 1. The van der Waals surface area contributed by atoms with Gasteiger partial charge in [0.2, 0.25) is 10.0 Å². The van der Waals surface area contributed by atoms with Gasteiger partial charge in [0.1, 0.15) is 11.4 Å². The largest absolute Gasteiger partial charge is 0.487 e. The average Bonchev–Trinajstić information content (AvgIpc) is 2.67. The summed E-state index contributed by atoms with van der Waals surface area (Å²) in [7, 11) is -1.54. The Bertz CT molecular complexity index is 811. The Morgan fingerprint density at radius 3 is 2.69 bits per heavy atom. The van der Waals surface area contributed by atoms with Gasteiger partial charge in [0.15, 0.2) is 5.96 Å². The number of halogens is 1. The summed E-state index contributed by atoms with van der Waals surface area (Å²) in [5.41, 5.74) is 0.795. The lowest BCUT2D eigenvalue weighted by atomic mass is 9.90. The Morgan fingerprint density at radius 1 is 1.31 bits per heavy atom. The molecule has 0 aromatic heterocycles. The van der Waals surface area contributed by atoms with Gasteiger partial charge in [0.05, 0.1) is 11.8 Å². The molecular weight excluding hydrogens is 523 g/mol. The van der Waals surface area contributed by atoms with Crippen molar-refractivity contribution < 1.29 is 13.2 Å². The Kier molecular flexibility index (Phi) is 8.92. The van der Waals surface area contributed by atoms with Crippen molar-refractivity contribution in [2.75, 3.05) is 43.9 Å². The van der Waals surface area contributed by atoms with Crippen molar-refractivity contribution in [3.05, 3.63) is 29.8 Å². The van der Waals surface area contributed by atoms with Crippen molar-refractivity contribution in [3.63, 3.8) is 0 Å². The molecule has 0 radical (unpaired) electrons. The van der Waals surface area contributed by atoms with Crippen molar-refractivity contribution in [2.24, 2.45) is 4.99 Å². The molecule has 29 heavy (non-hydrogen) atoms. The molecule has 0 saturated carbocycles. The average molecular weight is 555 g/mol. The first kappa shape index (κ1) is 24.5. The maximum Gasteiger partial charge on any atom is 0.215 e. The summed E-state index contributed by atoms with van der Waals surface area (Å²) in [6.07, 6.45) is 0.786. The third-order valence-electron chi connectivity index (χ3n) is 4.93. The topological polar surface area (TPSA) is 83.0 Å². The second-order valence-corrected chi connectivity index (χ2v) is 10.9. The van der Waals surface area contributed by atoms with Crippen LogP contribution in [0, 0.1) is 0 Å². The van der Waals surface area contributed by atoms with Gasteiger partial charge in [0.25, 0.3) is 0 Å². The Morgan fingerprint density at radius 2 is 2.00 bits per heavy atom. The molecule has 2 aliphatic heterocycles. The molecule has 0 amide bonds. The number of sulfonamides is 1. The first-order chi connectivity index (χ1) is 13.3. The highest BCUT2D eigenvalue weighted by molar-refractivity contribution is 14.0. The Labute approximate surface area is 195 Å². The van der Waals surface area contributed by atoms with E-state index in [9.17, 15) is 8.42 Å². The first-order valence-corrected chi connectivity index (χ1v) is 12.4. The van der Waals surface area contributed by atoms with Gasteiger partial charge in [-0.25, -0.2) is 12.7 Å². The van der Waals surface area contributed by atoms with E-state index in [4.69, 9.17) is 4.74 Å². The molecular formula is C19H31IN4O3S2. The molecule has 2 N–H and O–H groups in total. The van der Waals surface area contributed by atoms with Crippen LogP contribution >= 0.6 is 35.7 Å². The maximum atomic E-state index is 12.5. The summed E-state index contributed by atoms with van der Waals surface area (Å²) in [4.78, 5) is 4.28. The summed E-state index contributed by atoms with van der Waals surface area (Å²) in [5.74, 6) is 3.27. The molecule has 1 fully saturated rings. The lowest BCUT2D eigenvalue weighted by Gasteiger charge is -2.38. The van der Waals surface area contributed by atoms with Gasteiger partial charge in [-0.1, -0.05) is 18.2 Å². The van der Waals surface area contributed by atoms with Crippen molar-refractivity contribution >= 4 is 51.7 Å². The molecule has 1 atom stereocenters. The quantitative estimate of drug-likeness (QED) is 0.331. The van der Waals surface area contributed by atoms with E-state index in [0.717, 1.165) is 29.2 Å². The van der Waals surface area contributed by atoms with Crippen LogP contribution in [0.1, 0.15) is 31.9 Å². The summed E-state index contributed by atoms with van der Waals surface area (Å²) < 4.78 is 32.7. The second-order valence-electron chi connectivity index (χ2n) is 7.63. The van der Waals surface area contributed by atoms with E-state index >= 15 is 0 Å². The Balaban J connectivity index is 0.00000300. The number of fused-ring (bicyclic) bond motifs is 1. The molecule has 2 heterocycles. The van der Waals surface area contributed by atoms with Crippen LogP contribution in [0.15, 0.2) is 29.3 Å². The zero-order valence-corrected chi connectivity index (χ0v) is 21.1. The van der Waals surface area contributed by atoms with Gasteiger partial charge in [0, 0.05) is 50.2 Å². The fourth-order valence-electron chi connectivity index (χ4n) is 3.54. The smallest absolute Gasteiger partial charge is 0.215 e. The van der Waals surface area contributed by atoms with Crippen molar-refractivity contribution in [3.8, 4) is 5.75 Å². The molecule has 0 spiro atoms. The summed E-state index contributed by atoms with van der Waals surface area (Å²) in [5, 5.41) is 6.59. The third-order valence-corrected chi connectivity index (χ3v) is 7.74. The number of ether oxygens (including phenoxy) is 1. The van der Waals surface area contributed by atoms with Crippen molar-refractivity contribution in [2.45, 2.75) is 31.9 Å².